The van der Waals surface area contributed by atoms with Gasteiger partial charge in [0.1, 0.15) is 4.83 Å². The fourth-order valence-corrected chi connectivity index (χ4v) is 6.89. The Morgan fingerprint density at radius 1 is 1.09 bits per heavy atom. The minimum atomic E-state index is -0.112. The number of rotatable bonds is 5. The van der Waals surface area contributed by atoms with Crippen molar-refractivity contribution in [2.75, 3.05) is 11.1 Å². The van der Waals surface area contributed by atoms with E-state index in [1.54, 1.807) is 15.9 Å². The van der Waals surface area contributed by atoms with Crippen LogP contribution in [0.3, 0.4) is 0 Å². The highest BCUT2D eigenvalue weighted by Crippen LogP contribution is 2.35. The Balaban J connectivity index is 1.50. The third-order valence-electron chi connectivity index (χ3n) is 6.25. The van der Waals surface area contributed by atoms with Gasteiger partial charge in [-0.2, -0.15) is 0 Å². The van der Waals surface area contributed by atoms with Crippen LogP contribution in [0.4, 0.5) is 5.69 Å². The van der Waals surface area contributed by atoms with E-state index in [-0.39, 0.29) is 17.2 Å². The predicted molar refractivity (Wildman–Crippen MR) is 142 cm³/mol. The Labute approximate surface area is 207 Å². The standard InChI is InChI=1S/C27H27N3O2S2/c1-16-13-17(2)24(18(3)14-16)28-22(31)15-33-27-29-25-23(20-11-7-8-12-21(20)34-25)26(32)30(27)19-9-5-4-6-10-19/h4-6,9-10,13-14H,7-8,11-12,15H2,1-3H3,(H,28,31). The Bertz CT molecular complexity index is 1430. The number of aryl methyl sites for hydroxylation is 5. The fraction of sp³-hybridized carbons (Fsp3) is 0.296. The quantitative estimate of drug-likeness (QED) is 0.277. The van der Waals surface area contributed by atoms with Crippen LogP contribution >= 0.6 is 23.1 Å². The number of carbonyl (C=O) groups excluding carboxylic acids is 1. The Hall–Kier alpha value is -2.90. The van der Waals surface area contributed by atoms with Gasteiger partial charge in [0.25, 0.3) is 5.56 Å². The zero-order valence-electron chi connectivity index (χ0n) is 19.6. The lowest BCUT2D eigenvalue weighted by Gasteiger charge is -2.15. The second-order valence-electron chi connectivity index (χ2n) is 8.87. The van der Waals surface area contributed by atoms with Gasteiger partial charge in [-0.15, -0.1) is 11.3 Å². The van der Waals surface area contributed by atoms with Gasteiger partial charge in [-0.25, -0.2) is 4.98 Å². The molecule has 2 heterocycles. The number of nitrogens with one attached hydrogen (secondary N) is 1. The lowest BCUT2D eigenvalue weighted by molar-refractivity contribution is -0.113. The Kier molecular flexibility index (Phi) is 6.32. The van der Waals surface area contributed by atoms with Crippen LogP contribution in [0.1, 0.15) is 40.0 Å². The molecular formula is C27H27N3O2S2. The van der Waals surface area contributed by atoms with Gasteiger partial charge in [0.05, 0.1) is 16.8 Å². The lowest BCUT2D eigenvalue weighted by Crippen LogP contribution is -2.23. The van der Waals surface area contributed by atoms with Crippen LogP contribution in [0.2, 0.25) is 0 Å². The van der Waals surface area contributed by atoms with E-state index in [1.807, 2.05) is 44.2 Å². The molecule has 1 amide bonds. The summed E-state index contributed by atoms with van der Waals surface area (Å²) in [5.74, 6) is 0.0577. The molecule has 0 spiro atoms. The number of nitrogens with zero attached hydrogens (tertiary/aromatic N) is 2. The van der Waals surface area contributed by atoms with Crippen molar-refractivity contribution in [1.29, 1.82) is 0 Å². The number of carbonyl (C=O) groups is 1. The summed E-state index contributed by atoms with van der Waals surface area (Å²) in [5.41, 5.74) is 6.01. The van der Waals surface area contributed by atoms with Crippen LogP contribution in [-0.2, 0) is 17.6 Å². The summed E-state index contributed by atoms with van der Waals surface area (Å²) in [6, 6.07) is 13.7. The summed E-state index contributed by atoms with van der Waals surface area (Å²) in [4.78, 5) is 33.6. The van der Waals surface area contributed by atoms with Crippen molar-refractivity contribution in [3.05, 3.63) is 79.9 Å². The average molecular weight is 490 g/mol. The third kappa shape index (κ3) is 4.30. The SMILES string of the molecule is Cc1cc(C)c(NC(=O)CSc2nc3sc4c(c3c(=O)n2-c2ccccc2)CCCC4)c(C)c1. The molecule has 0 bridgehead atoms. The van der Waals surface area contributed by atoms with E-state index < -0.39 is 0 Å². The highest BCUT2D eigenvalue weighted by atomic mass is 32.2. The van der Waals surface area contributed by atoms with Gasteiger partial charge in [0.2, 0.25) is 5.91 Å². The molecule has 0 unspecified atom stereocenters. The van der Waals surface area contributed by atoms with Crippen LogP contribution in [0, 0.1) is 20.8 Å². The van der Waals surface area contributed by atoms with Crippen LogP contribution in [-0.4, -0.2) is 21.2 Å². The molecule has 2 aromatic carbocycles. The monoisotopic (exact) mass is 489 g/mol. The van der Waals surface area contributed by atoms with Crippen LogP contribution in [0.25, 0.3) is 15.9 Å². The van der Waals surface area contributed by atoms with Crippen molar-refractivity contribution < 1.29 is 4.79 Å². The summed E-state index contributed by atoms with van der Waals surface area (Å²) in [5, 5.41) is 4.36. The molecule has 0 aliphatic heterocycles. The summed E-state index contributed by atoms with van der Waals surface area (Å²) < 4.78 is 1.67. The number of hydrogen-bond acceptors (Lipinski definition) is 5. The molecular weight excluding hydrogens is 462 g/mol. The molecule has 0 fully saturated rings. The highest BCUT2D eigenvalue weighted by Gasteiger charge is 2.23. The summed E-state index contributed by atoms with van der Waals surface area (Å²) in [6.45, 7) is 6.06. The molecule has 1 N–H and O–H groups in total. The van der Waals surface area contributed by atoms with Crippen molar-refractivity contribution in [3.63, 3.8) is 0 Å². The fourth-order valence-electron chi connectivity index (χ4n) is 4.77. The molecule has 0 saturated heterocycles. The Morgan fingerprint density at radius 3 is 2.53 bits per heavy atom. The molecule has 7 heteroatoms. The number of hydrogen-bond donors (Lipinski definition) is 1. The summed E-state index contributed by atoms with van der Waals surface area (Å²) >= 11 is 2.94. The molecule has 0 atom stereocenters. The van der Waals surface area contributed by atoms with E-state index >= 15 is 0 Å². The van der Waals surface area contributed by atoms with Crippen molar-refractivity contribution in [2.24, 2.45) is 0 Å². The highest BCUT2D eigenvalue weighted by molar-refractivity contribution is 7.99. The largest absolute Gasteiger partial charge is 0.325 e. The van der Waals surface area contributed by atoms with Crippen LogP contribution in [0.15, 0.2) is 52.4 Å². The molecule has 4 aromatic rings. The summed E-state index contributed by atoms with van der Waals surface area (Å²) in [7, 11) is 0. The molecule has 34 heavy (non-hydrogen) atoms. The number of benzene rings is 2. The molecule has 5 rings (SSSR count). The number of thioether (sulfide) groups is 1. The smallest absolute Gasteiger partial charge is 0.267 e. The van der Waals surface area contributed by atoms with Gasteiger partial charge in [-0.1, -0.05) is 47.7 Å². The van der Waals surface area contributed by atoms with Gasteiger partial charge in [-0.05, 0) is 75.3 Å². The van der Waals surface area contributed by atoms with Crippen LogP contribution in [0.5, 0.6) is 0 Å². The van der Waals surface area contributed by atoms with Crippen molar-refractivity contribution in [1.82, 2.24) is 9.55 Å². The molecule has 5 nitrogen and oxygen atoms in total. The molecule has 174 valence electrons. The van der Waals surface area contributed by atoms with Gasteiger partial charge < -0.3 is 5.32 Å². The van der Waals surface area contributed by atoms with Gasteiger partial charge in [0.15, 0.2) is 5.16 Å². The van der Waals surface area contributed by atoms with Gasteiger partial charge in [-0.3, -0.25) is 14.2 Å². The van der Waals surface area contributed by atoms with Crippen LogP contribution < -0.4 is 10.9 Å². The normalized spacial score (nSPS) is 13.1. The second kappa shape index (κ2) is 9.39. The first kappa shape index (κ1) is 22.9. The molecule has 1 aliphatic carbocycles. The van der Waals surface area contributed by atoms with E-state index in [4.69, 9.17) is 4.98 Å². The number of aromatic nitrogens is 2. The maximum Gasteiger partial charge on any atom is 0.267 e. The first-order valence-electron chi connectivity index (χ1n) is 11.6. The second-order valence-corrected chi connectivity index (χ2v) is 10.9. The Morgan fingerprint density at radius 2 is 1.79 bits per heavy atom. The van der Waals surface area contributed by atoms with E-state index in [0.717, 1.165) is 58.4 Å². The number of para-hydroxylation sites is 1. The number of fused-ring (bicyclic) bond motifs is 3. The van der Waals surface area contributed by atoms with E-state index in [9.17, 15) is 9.59 Å². The maximum absolute atomic E-state index is 13.8. The van der Waals surface area contributed by atoms with E-state index in [0.29, 0.717) is 5.16 Å². The number of thiophene rings is 1. The first-order chi connectivity index (χ1) is 16.4. The lowest BCUT2D eigenvalue weighted by atomic mass is 9.97. The molecule has 2 aromatic heterocycles. The molecule has 0 radical (unpaired) electrons. The number of anilines is 1. The van der Waals surface area contributed by atoms with Crippen molar-refractivity contribution in [2.45, 2.75) is 51.6 Å². The average Bonchev–Trinajstić information content (AvgIpc) is 3.19. The molecule has 0 saturated carbocycles. The van der Waals surface area contributed by atoms with Crippen molar-refractivity contribution >= 4 is 44.9 Å². The zero-order chi connectivity index (χ0) is 23.8. The van der Waals surface area contributed by atoms with E-state index in [1.165, 1.54) is 27.8 Å². The third-order valence-corrected chi connectivity index (χ3v) is 8.37. The van der Waals surface area contributed by atoms with E-state index in [2.05, 4.69) is 24.4 Å². The maximum atomic E-state index is 13.8. The molecule has 1 aliphatic rings. The minimum Gasteiger partial charge on any atom is -0.325 e. The zero-order valence-corrected chi connectivity index (χ0v) is 21.2. The van der Waals surface area contributed by atoms with Gasteiger partial charge in [0, 0.05) is 10.6 Å². The predicted octanol–water partition coefficient (Wildman–Crippen LogP) is 5.98. The summed E-state index contributed by atoms with van der Waals surface area (Å²) in [6.07, 6.45) is 4.22. The van der Waals surface area contributed by atoms with Gasteiger partial charge >= 0.3 is 0 Å². The minimum absolute atomic E-state index is 0.0382. The topological polar surface area (TPSA) is 64.0 Å². The first-order valence-corrected chi connectivity index (χ1v) is 13.4. The van der Waals surface area contributed by atoms with Crippen molar-refractivity contribution in [3.8, 4) is 5.69 Å². The number of amides is 1.